The number of carbonyl (C=O) groups excluding carboxylic acids is 1. The van der Waals surface area contributed by atoms with E-state index in [0.29, 0.717) is 11.5 Å². The van der Waals surface area contributed by atoms with Gasteiger partial charge in [-0.25, -0.2) is 4.98 Å². The normalized spacial score (nSPS) is 21.1. The van der Waals surface area contributed by atoms with E-state index in [0.717, 1.165) is 52.5 Å². The molecule has 2 aliphatic rings. The maximum atomic E-state index is 13.8. The molecule has 0 spiro atoms. The molecule has 5 rings (SSSR count). The van der Waals surface area contributed by atoms with E-state index in [-0.39, 0.29) is 28.3 Å². The Morgan fingerprint density at radius 3 is 2.50 bits per heavy atom. The van der Waals surface area contributed by atoms with Crippen molar-refractivity contribution in [2.75, 3.05) is 16.8 Å². The van der Waals surface area contributed by atoms with Crippen molar-refractivity contribution in [3.05, 3.63) is 75.5 Å². The standard InChI is InChI=1S/C34H44BrN5OS/c1-32(2,3)22-14-15-36-27(16-22)26-13-12-21-19-34(7,8)40(20-21)28-18-24(33(4,5)6)25(35)17-23(28)31(41)39-42-30-11-9-10-29(37-26)38-30/h9-11,14-18,21,26H,12-13,19-20H2,1-8H3,(H,37,38)(H,39,41). The van der Waals surface area contributed by atoms with Gasteiger partial charge in [-0.2, -0.15) is 0 Å². The molecule has 1 fully saturated rings. The lowest BCUT2D eigenvalue weighted by Crippen LogP contribution is -2.39. The highest BCUT2D eigenvalue weighted by atomic mass is 79.9. The molecule has 1 aromatic carbocycles. The van der Waals surface area contributed by atoms with E-state index in [4.69, 9.17) is 9.97 Å². The average molecular weight is 651 g/mol. The number of aromatic nitrogens is 2. The number of anilines is 2. The Balaban J connectivity index is 1.57. The van der Waals surface area contributed by atoms with Crippen molar-refractivity contribution in [3.63, 3.8) is 0 Å². The first-order valence-corrected chi connectivity index (χ1v) is 16.5. The number of nitrogens with zero attached hydrogens (tertiary/aromatic N) is 3. The van der Waals surface area contributed by atoms with Crippen LogP contribution in [0.5, 0.6) is 0 Å². The van der Waals surface area contributed by atoms with Crippen molar-refractivity contribution in [1.29, 1.82) is 0 Å². The van der Waals surface area contributed by atoms with Gasteiger partial charge >= 0.3 is 0 Å². The van der Waals surface area contributed by atoms with Gasteiger partial charge in [0.05, 0.1) is 23.0 Å². The van der Waals surface area contributed by atoms with Crippen LogP contribution in [0, 0.1) is 5.92 Å². The predicted octanol–water partition coefficient (Wildman–Crippen LogP) is 8.82. The molecule has 0 radical (unpaired) electrons. The highest BCUT2D eigenvalue weighted by molar-refractivity contribution is 9.10. The summed E-state index contributed by atoms with van der Waals surface area (Å²) in [5, 5.41) is 4.43. The van der Waals surface area contributed by atoms with Crippen molar-refractivity contribution >= 4 is 45.3 Å². The monoisotopic (exact) mass is 649 g/mol. The summed E-state index contributed by atoms with van der Waals surface area (Å²) in [5.41, 5.74) is 5.07. The van der Waals surface area contributed by atoms with Crippen molar-refractivity contribution in [2.45, 2.75) is 102 Å². The third-order valence-electron chi connectivity index (χ3n) is 8.55. The number of amides is 1. The second kappa shape index (κ2) is 11.5. The number of rotatable bonds is 1. The average Bonchev–Trinajstić information content (AvgIpc) is 3.21. The van der Waals surface area contributed by atoms with Crippen molar-refractivity contribution in [3.8, 4) is 0 Å². The van der Waals surface area contributed by atoms with Gasteiger partial charge in [-0.1, -0.05) is 63.5 Å². The van der Waals surface area contributed by atoms with Crippen LogP contribution in [0.15, 0.2) is 58.2 Å². The molecule has 3 aromatic rings. The lowest BCUT2D eigenvalue weighted by Gasteiger charge is -2.36. The summed E-state index contributed by atoms with van der Waals surface area (Å²) in [6, 6.07) is 14.5. The Morgan fingerprint density at radius 2 is 1.79 bits per heavy atom. The van der Waals surface area contributed by atoms with E-state index in [2.05, 4.69) is 104 Å². The zero-order chi connectivity index (χ0) is 30.4. The molecule has 8 heteroatoms. The van der Waals surface area contributed by atoms with Crippen LogP contribution in [-0.2, 0) is 10.8 Å². The van der Waals surface area contributed by atoms with Crippen LogP contribution in [0.25, 0.3) is 0 Å². The molecule has 4 bridgehead atoms. The minimum absolute atomic E-state index is 0.0210. The van der Waals surface area contributed by atoms with Crippen LogP contribution in [0.2, 0.25) is 0 Å². The van der Waals surface area contributed by atoms with Crippen LogP contribution < -0.4 is 14.9 Å². The van der Waals surface area contributed by atoms with Gasteiger partial charge < -0.3 is 10.2 Å². The van der Waals surface area contributed by atoms with Crippen LogP contribution in [0.4, 0.5) is 11.5 Å². The molecule has 2 atom stereocenters. The third kappa shape index (κ3) is 6.65. The lowest BCUT2D eigenvalue weighted by atomic mass is 9.85. The van der Waals surface area contributed by atoms with Crippen LogP contribution >= 0.6 is 27.9 Å². The van der Waals surface area contributed by atoms with Crippen LogP contribution in [0.3, 0.4) is 0 Å². The third-order valence-corrected chi connectivity index (χ3v) is 9.93. The fraction of sp³-hybridized carbons (Fsp3) is 0.500. The minimum Gasteiger partial charge on any atom is -0.365 e. The second-order valence-corrected chi connectivity index (χ2v) is 16.2. The molecule has 1 saturated heterocycles. The SMILES string of the molecule is CC(C)(C)c1ccnc(C2CCC3CN(c4cc(C(C)(C)C)c(Br)cc4C(=O)NSc4cccc(n4)N2)C(C)(C)C3)c1. The predicted molar refractivity (Wildman–Crippen MR) is 178 cm³/mol. The van der Waals surface area contributed by atoms with Gasteiger partial charge in [-0.15, -0.1) is 0 Å². The largest absolute Gasteiger partial charge is 0.365 e. The number of hydrogen-bond acceptors (Lipinski definition) is 6. The number of halogens is 1. The summed E-state index contributed by atoms with van der Waals surface area (Å²) in [7, 11) is 0. The second-order valence-electron chi connectivity index (χ2n) is 14.5. The maximum absolute atomic E-state index is 13.8. The molecule has 0 saturated carbocycles. The molecule has 0 aliphatic carbocycles. The topological polar surface area (TPSA) is 70.2 Å². The van der Waals surface area contributed by atoms with Gasteiger partial charge in [0.25, 0.3) is 5.91 Å². The quantitative estimate of drug-likeness (QED) is 0.257. The first-order valence-electron chi connectivity index (χ1n) is 14.9. The molecular weight excluding hydrogens is 606 g/mol. The van der Waals surface area contributed by atoms with Crippen molar-refractivity contribution < 1.29 is 4.79 Å². The Labute approximate surface area is 264 Å². The summed E-state index contributed by atoms with van der Waals surface area (Å²) in [5.74, 6) is 1.14. The van der Waals surface area contributed by atoms with Gasteiger partial charge in [0, 0.05) is 34.7 Å². The van der Waals surface area contributed by atoms with Gasteiger partial charge in [0.15, 0.2) is 0 Å². The summed E-state index contributed by atoms with van der Waals surface area (Å²) in [6.07, 6.45) is 4.97. The number of carbonyl (C=O) groups is 1. The molecule has 6 nitrogen and oxygen atoms in total. The molecule has 42 heavy (non-hydrogen) atoms. The summed E-state index contributed by atoms with van der Waals surface area (Å²) in [6.45, 7) is 18.9. The molecule has 224 valence electrons. The van der Waals surface area contributed by atoms with Gasteiger partial charge in [0.2, 0.25) is 0 Å². The number of nitrogens with one attached hydrogen (secondary N) is 2. The highest BCUT2D eigenvalue weighted by Gasteiger charge is 2.40. The van der Waals surface area contributed by atoms with Gasteiger partial charge in [-0.05, 0) is 97.4 Å². The highest BCUT2D eigenvalue weighted by Crippen LogP contribution is 2.44. The molecule has 2 aromatic heterocycles. The molecule has 2 aliphatic heterocycles. The van der Waals surface area contributed by atoms with Crippen LogP contribution in [0.1, 0.15) is 108 Å². The summed E-state index contributed by atoms with van der Waals surface area (Å²) >= 11 is 5.04. The van der Waals surface area contributed by atoms with Crippen molar-refractivity contribution in [1.82, 2.24) is 14.7 Å². The molecular formula is C34H44BrN5OS. The fourth-order valence-corrected chi connectivity index (χ4v) is 7.77. The Hall–Kier alpha value is -2.58. The molecule has 1 amide bonds. The van der Waals surface area contributed by atoms with Crippen LogP contribution in [-0.4, -0.2) is 28.0 Å². The molecule has 4 heterocycles. The van der Waals surface area contributed by atoms with Gasteiger partial charge in [0.1, 0.15) is 10.8 Å². The van der Waals surface area contributed by atoms with E-state index >= 15 is 0 Å². The van der Waals surface area contributed by atoms with E-state index in [1.807, 2.05) is 30.5 Å². The Morgan fingerprint density at radius 1 is 1.02 bits per heavy atom. The molecule has 2 unspecified atom stereocenters. The zero-order valence-corrected chi connectivity index (χ0v) is 28.5. The number of benzene rings is 1. The Bertz CT molecular complexity index is 1480. The number of fused-ring (bicyclic) bond motifs is 6. The first-order chi connectivity index (χ1) is 19.6. The minimum atomic E-state index is -0.119. The lowest BCUT2D eigenvalue weighted by molar-refractivity contribution is 0.0984. The zero-order valence-electron chi connectivity index (χ0n) is 26.1. The maximum Gasteiger partial charge on any atom is 0.263 e. The van der Waals surface area contributed by atoms with Crippen molar-refractivity contribution in [2.24, 2.45) is 5.92 Å². The van der Waals surface area contributed by atoms with E-state index < -0.39 is 0 Å². The number of pyridine rings is 2. The summed E-state index contributed by atoms with van der Waals surface area (Å²) in [4.78, 5) is 25.9. The smallest absolute Gasteiger partial charge is 0.263 e. The van der Waals surface area contributed by atoms with E-state index in [1.54, 1.807) is 0 Å². The summed E-state index contributed by atoms with van der Waals surface area (Å²) < 4.78 is 4.04. The van der Waals surface area contributed by atoms with E-state index in [9.17, 15) is 4.79 Å². The number of hydrogen-bond donors (Lipinski definition) is 2. The Kier molecular flexibility index (Phi) is 8.45. The van der Waals surface area contributed by atoms with E-state index in [1.165, 1.54) is 23.1 Å². The first kappa shape index (κ1) is 30.9. The molecule has 2 N–H and O–H groups in total. The van der Waals surface area contributed by atoms with Gasteiger partial charge in [-0.3, -0.25) is 14.5 Å². The fourth-order valence-electron chi connectivity index (χ4n) is 6.23.